The highest BCUT2D eigenvalue weighted by atomic mass is 16.5. The zero-order valence-corrected chi connectivity index (χ0v) is 33.3. The van der Waals surface area contributed by atoms with E-state index in [1.54, 1.807) is 15.9 Å². The maximum absolute atomic E-state index is 13.9. The van der Waals surface area contributed by atoms with E-state index >= 15 is 0 Å². The first-order valence-electron chi connectivity index (χ1n) is 19.8. The van der Waals surface area contributed by atoms with Gasteiger partial charge >= 0.3 is 12.2 Å². The van der Waals surface area contributed by atoms with Gasteiger partial charge in [-0.1, -0.05) is 39.8 Å². The van der Waals surface area contributed by atoms with Gasteiger partial charge in [-0.05, 0) is 72.9 Å². The second kappa shape index (κ2) is 16.4. The normalized spacial score (nSPS) is 22.9. The molecule has 0 radical (unpaired) electrons. The van der Waals surface area contributed by atoms with Gasteiger partial charge in [0.15, 0.2) is 0 Å². The summed E-state index contributed by atoms with van der Waals surface area (Å²) in [6.07, 6.45) is 1.86. The van der Waals surface area contributed by atoms with Crippen molar-refractivity contribution in [1.82, 2.24) is 31.1 Å². The minimum Gasteiger partial charge on any atom is -0.456 e. The van der Waals surface area contributed by atoms with E-state index in [-0.39, 0.29) is 53.2 Å². The van der Waals surface area contributed by atoms with Crippen LogP contribution in [-0.2, 0) is 19.1 Å². The highest BCUT2D eigenvalue weighted by Gasteiger charge is 2.41. The molecule has 1 aromatic heterocycles. The molecule has 2 aromatic carbocycles. The predicted molar refractivity (Wildman–Crippen MR) is 214 cm³/mol. The highest BCUT2D eigenvalue weighted by Crippen LogP contribution is 2.30. The summed E-state index contributed by atoms with van der Waals surface area (Å²) in [6, 6.07) is 8.91. The second-order valence-corrected chi connectivity index (χ2v) is 15.9. The molecule has 0 aliphatic carbocycles. The quantitative estimate of drug-likeness (QED) is 0.220. The molecular formula is C41H52N8O8. The molecule has 0 spiro atoms. The van der Waals surface area contributed by atoms with Crippen LogP contribution in [0.15, 0.2) is 55.6 Å². The molecule has 2 unspecified atom stereocenters. The predicted octanol–water partition coefficient (Wildman–Crippen LogP) is 3.78. The number of carbonyl (C=O) groups is 4. The summed E-state index contributed by atoms with van der Waals surface area (Å²) in [7, 11) is 2.55. The largest absolute Gasteiger partial charge is 0.456 e. The highest BCUT2D eigenvalue weighted by molar-refractivity contribution is 5.97. The van der Waals surface area contributed by atoms with E-state index in [0.29, 0.717) is 48.1 Å². The van der Waals surface area contributed by atoms with E-state index in [4.69, 9.17) is 23.9 Å². The first-order chi connectivity index (χ1) is 27.4. The van der Waals surface area contributed by atoms with Gasteiger partial charge in [0.05, 0.1) is 62.2 Å². The third kappa shape index (κ3) is 7.86. The monoisotopic (exact) mass is 784 g/mol. The van der Waals surface area contributed by atoms with Crippen LogP contribution in [0, 0.1) is 11.8 Å². The van der Waals surface area contributed by atoms with Crippen LogP contribution in [0.4, 0.5) is 9.59 Å². The molecule has 4 aliphatic rings. The standard InChI is InChI=1S/C41H52N8O8/c1-21(2)33(46-40(53)55-5)38(51)48-15-7-9-29(48)36-42-19-27(44-36)23-12-14-31-26(17-23)35(50)25-13-11-24(18-32(25)57-31)28-20-43-37(45-28)30-10-8-16-49(30)39(52)34(22(3)4)47-41(54)56-6/h11-14,17-18,21-22,27-30,33-34H,7-10,15-16,19-20H2,1-6H3,(H,42,44)(H,43,45)(H,46,53)(H,47,54)/t27?,28?,29-,30-,33-,34-/m0/s1. The van der Waals surface area contributed by atoms with Crippen molar-refractivity contribution in [3.63, 3.8) is 0 Å². The Bertz CT molecular complexity index is 2180. The lowest BCUT2D eigenvalue weighted by Crippen LogP contribution is -2.54. The van der Waals surface area contributed by atoms with E-state index in [1.807, 2.05) is 58.0 Å². The van der Waals surface area contributed by atoms with E-state index in [1.165, 1.54) is 14.2 Å². The van der Waals surface area contributed by atoms with E-state index < -0.39 is 24.3 Å². The number of nitrogens with one attached hydrogen (secondary N) is 4. The first kappa shape index (κ1) is 39.6. The molecular weight excluding hydrogens is 732 g/mol. The fraction of sp³-hybridized carbons (Fsp3) is 0.537. The van der Waals surface area contributed by atoms with Crippen molar-refractivity contribution in [3.05, 3.63) is 57.7 Å². The molecule has 5 heterocycles. The van der Waals surface area contributed by atoms with Crippen molar-refractivity contribution in [2.24, 2.45) is 21.8 Å². The van der Waals surface area contributed by atoms with Gasteiger partial charge in [0, 0.05) is 13.1 Å². The van der Waals surface area contributed by atoms with Crippen molar-refractivity contribution in [2.45, 2.75) is 89.6 Å². The fourth-order valence-electron chi connectivity index (χ4n) is 8.41. The van der Waals surface area contributed by atoms with E-state index in [9.17, 15) is 24.0 Å². The average Bonchev–Trinajstić information content (AvgIpc) is 4.05. The molecule has 4 N–H and O–H groups in total. The van der Waals surface area contributed by atoms with Crippen LogP contribution in [0.25, 0.3) is 21.9 Å². The average molecular weight is 785 g/mol. The van der Waals surface area contributed by atoms with Gasteiger partial charge in [0.1, 0.15) is 34.9 Å². The molecule has 0 bridgehead atoms. The van der Waals surface area contributed by atoms with Crippen LogP contribution >= 0.6 is 0 Å². The minimum absolute atomic E-state index is 0.130. The number of benzene rings is 2. The zero-order valence-electron chi connectivity index (χ0n) is 33.3. The van der Waals surface area contributed by atoms with Crippen molar-refractivity contribution >= 4 is 57.6 Å². The van der Waals surface area contributed by atoms with E-state index in [2.05, 4.69) is 21.3 Å². The van der Waals surface area contributed by atoms with Crippen LogP contribution < -0.4 is 26.7 Å². The lowest BCUT2D eigenvalue weighted by Gasteiger charge is -2.31. The molecule has 16 heteroatoms. The van der Waals surface area contributed by atoms with Crippen molar-refractivity contribution in [2.75, 3.05) is 40.4 Å². The summed E-state index contributed by atoms with van der Waals surface area (Å²) in [5, 5.41) is 13.3. The lowest BCUT2D eigenvalue weighted by atomic mass is 10.0. The van der Waals surface area contributed by atoms with Gasteiger partial charge in [0.25, 0.3) is 0 Å². The molecule has 16 nitrogen and oxygen atoms in total. The lowest BCUT2D eigenvalue weighted by molar-refractivity contribution is -0.135. The summed E-state index contributed by atoms with van der Waals surface area (Å²) in [5.41, 5.74) is 2.59. The van der Waals surface area contributed by atoms with Gasteiger partial charge < -0.3 is 45.0 Å². The summed E-state index contributed by atoms with van der Waals surface area (Å²) in [4.78, 5) is 78.3. The Hall–Kier alpha value is -5.67. The fourth-order valence-corrected chi connectivity index (χ4v) is 8.41. The number of rotatable bonds is 10. The number of likely N-dealkylation sites (tertiary alicyclic amines) is 2. The van der Waals surface area contributed by atoms with Crippen LogP contribution in [0.5, 0.6) is 0 Å². The number of nitrogens with zero attached hydrogens (tertiary/aromatic N) is 4. The number of methoxy groups -OCH3 is 2. The molecule has 6 atom stereocenters. The Kier molecular flexibility index (Phi) is 11.4. The van der Waals surface area contributed by atoms with Crippen LogP contribution in [-0.4, -0.2) is 110 Å². The number of carbonyl (C=O) groups excluding carboxylic acids is 4. The number of amidine groups is 2. The van der Waals surface area contributed by atoms with E-state index in [0.717, 1.165) is 48.5 Å². The molecule has 2 fully saturated rings. The summed E-state index contributed by atoms with van der Waals surface area (Å²) in [5.74, 6) is 0.860. The third-order valence-electron chi connectivity index (χ3n) is 11.5. The maximum Gasteiger partial charge on any atom is 0.407 e. The van der Waals surface area contributed by atoms with Crippen molar-refractivity contribution in [3.8, 4) is 0 Å². The SMILES string of the molecule is COC(=O)N[C@H](C(=O)N1CCC[C@H]1C1=NCC(c2ccc3c(=O)c4cc(C5CN=C([C@@H]6CCCN6C(=O)[C@@H](NC(=O)OC)C(C)C)N5)ccc4oc3c2)N1)C(C)C. The van der Waals surface area contributed by atoms with Crippen molar-refractivity contribution < 1.29 is 33.1 Å². The number of alkyl carbamates (subject to hydrolysis) is 2. The Balaban J connectivity index is 1.03. The van der Waals surface area contributed by atoms with Gasteiger partial charge in [0.2, 0.25) is 17.2 Å². The third-order valence-corrected chi connectivity index (χ3v) is 11.5. The molecule has 7 rings (SSSR count). The number of ether oxygens (including phenoxy) is 2. The van der Waals surface area contributed by atoms with Crippen LogP contribution in [0.1, 0.15) is 76.6 Å². The van der Waals surface area contributed by atoms with Gasteiger partial charge in [-0.3, -0.25) is 24.4 Å². The van der Waals surface area contributed by atoms with Crippen LogP contribution in [0.3, 0.4) is 0 Å². The first-order valence-corrected chi connectivity index (χ1v) is 19.8. The Morgan fingerprint density at radius 2 is 1.21 bits per heavy atom. The summed E-state index contributed by atoms with van der Waals surface area (Å²) < 4.78 is 15.9. The molecule has 4 aliphatic heterocycles. The molecule has 57 heavy (non-hydrogen) atoms. The van der Waals surface area contributed by atoms with Crippen molar-refractivity contribution in [1.29, 1.82) is 0 Å². The number of hydrogen-bond acceptors (Lipinski definition) is 12. The van der Waals surface area contributed by atoms with Gasteiger partial charge in [-0.2, -0.15) is 0 Å². The Morgan fingerprint density at radius 1 is 0.719 bits per heavy atom. The smallest absolute Gasteiger partial charge is 0.407 e. The minimum atomic E-state index is -0.719. The van der Waals surface area contributed by atoms with Gasteiger partial charge in [-0.25, -0.2) is 9.59 Å². The molecule has 304 valence electrons. The summed E-state index contributed by atoms with van der Waals surface area (Å²) >= 11 is 0. The second-order valence-electron chi connectivity index (χ2n) is 15.9. The molecule has 4 amide bonds. The molecule has 0 saturated carbocycles. The Morgan fingerprint density at radius 3 is 1.70 bits per heavy atom. The Labute approximate surface area is 330 Å². The topological polar surface area (TPSA) is 196 Å². The van der Waals surface area contributed by atoms with Gasteiger partial charge in [-0.15, -0.1) is 0 Å². The zero-order chi connectivity index (χ0) is 40.5. The maximum atomic E-state index is 13.9. The van der Waals surface area contributed by atoms with Crippen LogP contribution in [0.2, 0.25) is 0 Å². The number of amides is 4. The molecule has 3 aromatic rings. The number of fused-ring (bicyclic) bond motifs is 2. The number of hydrogen-bond donors (Lipinski definition) is 4. The summed E-state index contributed by atoms with van der Waals surface area (Å²) in [6.45, 7) is 9.58. The number of aliphatic imine (C=N–C) groups is 2. The molecule has 2 saturated heterocycles.